The number of H-pyrrole nitrogens is 1. The summed E-state index contributed by atoms with van der Waals surface area (Å²) < 4.78 is 14.2. The molecule has 1 aliphatic rings. The summed E-state index contributed by atoms with van der Waals surface area (Å²) in [5, 5.41) is -0.0177. The van der Waals surface area contributed by atoms with E-state index in [1.807, 2.05) is 6.92 Å². The van der Waals surface area contributed by atoms with Crippen molar-refractivity contribution < 1.29 is 4.39 Å². The van der Waals surface area contributed by atoms with Gasteiger partial charge in [0.25, 0.3) is 5.56 Å². The Balaban J connectivity index is 2.21. The SMILES string of the molecule is CC(C1CC1)n1c(=O)[nH]c(Cl)c(-c2ccc(F)cc2)c1=O. The fourth-order valence-electron chi connectivity index (χ4n) is 2.55. The molecule has 1 aromatic heterocycles. The molecule has 2 aromatic rings. The number of aromatic nitrogens is 2. The summed E-state index contributed by atoms with van der Waals surface area (Å²) in [6, 6.07) is 5.29. The summed E-state index contributed by atoms with van der Waals surface area (Å²) in [6.45, 7) is 1.86. The van der Waals surface area contributed by atoms with Crippen molar-refractivity contribution in [2.75, 3.05) is 0 Å². The molecular formula is C15H14ClFN2O2. The van der Waals surface area contributed by atoms with E-state index in [1.165, 1.54) is 28.8 Å². The van der Waals surface area contributed by atoms with Crippen molar-refractivity contribution in [3.05, 3.63) is 56.1 Å². The third-order valence-electron chi connectivity index (χ3n) is 3.93. The van der Waals surface area contributed by atoms with E-state index in [4.69, 9.17) is 11.6 Å². The van der Waals surface area contributed by atoms with Crippen LogP contribution in [0.1, 0.15) is 25.8 Å². The van der Waals surface area contributed by atoms with Gasteiger partial charge in [-0.3, -0.25) is 14.3 Å². The zero-order valence-corrected chi connectivity index (χ0v) is 12.2. The molecule has 4 nitrogen and oxygen atoms in total. The van der Waals surface area contributed by atoms with E-state index in [-0.39, 0.29) is 16.8 Å². The fraction of sp³-hybridized carbons (Fsp3) is 0.333. The molecule has 1 atom stereocenters. The van der Waals surface area contributed by atoms with Gasteiger partial charge in [-0.1, -0.05) is 23.7 Å². The van der Waals surface area contributed by atoms with E-state index >= 15 is 0 Å². The van der Waals surface area contributed by atoms with Crippen LogP contribution < -0.4 is 11.2 Å². The van der Waals surface area contributed by atoms with E-state index < -0.39 is 17.1 Å². The van der Waals surface area contributed by atoms with Crippen LogP contribution in [0.5, 0.6) is 0 Å². The van der Waals surface area contributed by atoms with Crippen LogP contribution in [-0.4, -0.2) is 9.55 Å². The van der Waals surface area contributed by atoms with Gasteiger partial charge in [0.15, 0.2) is 0 Å². The summed E-state index contributed by atoms with van der Waals surface area (Å²) in [4.78, 5) is 27.2. The van der Waals surface area contributed by atoms with Crippen LogP contribution >= 0.6 is 11.6 Å². The van der Waals surface area contributed by atoms with Gasteiger partial charge < -0.3 is 0 Å². The third kappa shape index (κ3) is 2.53. The van der Waals surface area contributed by atoms with E-state index in [0.29, 0.717) is 11.5 Å². The van der Waals surface area contributed by atoms with E-state index in [1.54, 1.807) is 0 Å². The smallest absolute Gasteiger partial charge is 0.297 e. The van der Waals surface area contributed by atoms with Crippen molar-refractivity contribution in [2.45, 2.75) is 25.8 Å². The minimum absolute atomic E-state index is 0.0177. The molecule has 1 N–H and O–H groups in total. The molecular weight excluding hydrogens is 295 g/mol. The summed E-state index contributed by atoms with van der Waals surface area (Å²) >= 11 is 6.02. The Morgan fingerprint density at radius 1 is 1.29 bits per heavy atom. The van der Waals surface area contributed by atoms with Crippen LogP contribution in [0.4, 0.5) is 4.39 Å². The summed E-state index contributed by atoms with van der Waals surface area (Å²) in [5.41, 5.74) is -0.256. The first-order chi connectivity index (χ1) is 9.99. The predicted octanol–water partition coefficient (Wildman–Crippen LogP) is 2.97. The maximum Gasteiger partial charge on any atom is 0.329 e. The van der Waals surface area contributed by atoms with E-state index in [0.717, 1.165) is 12.8 Å². The zero-order valence-electron chi connectivity index (χ0n) is 11.4. The average molecular weight is 309 g/mol. The van der Waals surface area contributed by atoms with Gasteiger partial charge in [-0.25, -0.2) is 9.18 Å². The van der Waals surface area contributed by atoms with Gasteiger partial charge in [0, 0.05) is 6.04 Å². The Morgan fingerprint density at radius 2 is 1.90 bits per heavy atom. The lowest BCUT2D eigenvalue weighted by Gasteiger charge is -2.15. The molecule has 0 aliphatic heterocycles. The van der Waals surface area contributed by atoms with Crippen LogP contribution in [-0.2, 0) is 0 Å². The van der Waals surface area contributed by atoms with Crippen molar-refractivity contribution in [3.63, 3.8) is 0 Å². The van der Waals surface area contributed by atoms with Crippen molar-refractivity contribution in [1.29, 1.82) is 0 Å². The second-order valence-electron chi connectivity index (χ2n) is 5.38. The lowest BCUT2D eigenvalue weighted by atomic mass is 10.1. The first-order valence-corrected chi connectivity index (χ1v) is 7.17. The maximum absolute atomic E-state index is 13.0. The molecule has 110 valence electrons. The van der Waals surface area contributed by atoms with E-state index in [9.17, 15) is 14.0 Å². The number of halogens is 2. The lowest BCUT2D eigenvalue weighted by molar-refractivity contribution is 0.452. The normalized spacial score (nSPS) is 16.0. The van der Waals surface area contributed by atoms with Gasteiger partial charge in [-0.05, 0) is 43.4 Å². The second kappa shape index (κ2) is 5.15. The average Bonchev–Trinajstić information content (AvgIpc) is 3.24. The molecule has 0 bridgehead atoms. The quantitative estimate of drug-likeness (QED) is 0.886. The summed E-state index contributed by atoms with van der Waals surface area (Å²) in [7, 11) is 0. The number of rotatable bonds is 3. The van der Waals surface area contributed by atoms with Crippen LogP contribution in [0.15, 0.2) is 33.9 Å². The third-order valence-corrected chi connectivity index (χ3v) is 4.22. The Morgan fingerprint density at radius 3 is 2.48 bits per heavy atom. The Labute approximate surface area is 125 Å². The minimum Gasteiger partial charge on any atom is -0.297 e. The molecule has 0 saturated heterocycles. The minimum atomic E-state index is -0.504. The standard InChI is InChI=1S/C15H14ClFN2O2/c1-8(9-2-3-9)19-14(20)12(13(16)18-15(19)21)10-4-6-11(17)7-5-10/h4-9H,2-3H2,1H3,(H,18,21). The highest BCUT2D eigenvalue weighted by Gasteiger charge is 2.31. The van der Waals surface area contributed by atoms with Crippen molar-refractivity contribution in [3.8, 4) is 11.1 Å². The Kier molecular flexibility index (Phi) is 3.45. The molecule has 1 heterocycles. The number of nitrogens with one attached hydrogen (secondary N) is 1. The number of hydrogen-bond donors (Lipinski definition) is 1. The zero-order chi connectivity index (χ0) is 15.1. The van der Waals surface area contributed by atoms with Crippen LogP contribution in [0.2, 0.25) is 5.15 Å². The second-order valence-corrected chi connectivity index (χ2v) is 5.76. The number of benzene rings is 1. The largest absolute Gasteiger partial charge is 0.329 e. The fourth-order valence-corrected chi connectivity index (χ4v) is 2.82. The van der Waals surface area contributed by atoms with Crippen molar-refractivity contribution in [1.82, 2.24) is 9.55 Å². The predicted molar refractivity (Wildman–Crippen MR) is 79.2 cm³/mol. The summed E-state index contributed by atoms with van der Waals surface area (Å²) in [5.74, 6) is -0.0444. The highest BCUT2D eigenvalue weighted by Crippen LogP contribution is 2.38. The molecule has 1 fully saturated rings. The molecule has 1 aromatic carbocycles. The number of nitrogens with zero attached hydrogens (tertiary/aromatic N) is 1. The number of aromatic amines is 1. The number of hydrogen-bond acceptors (Lipinski definition) is 2. The molecule has 1 unspecified atom stereocenters. The summed E-state index contributed by atoms with van der Waals surface area (Å²) in [6.07, 6.45) is 2.03. The molecule has 1 saturated carbocycles. The van der Waals surface area contributed by atoms with Gasteiger partial charge in [-0.2, -0.15) is 0 Å². The van der Waals surface area contributed by atoms with Gasteiger partial charge in [-0.15, -0.1) is 0 Å². The van der Waals surface area contributed by atoms with E-state index in [2.05, 4.69) is 4.98 Å². The molecule has 21 heavy (non-hydrogen) atoms. The van der Waals surface area contributed by atoms with Crippen molar-refractivity contribution >= 4 is 11.6 Å². The van der Waals surface area contributed by atoms with Gasteiger partial charge >= 0.3 is 5.69 Å². The highest BCUT2D eigenvalue weighted by molar-refractivity contribution is 6.32. The van der Waals surface area contributed by atoms with Crippen molar-refractivity contribution in [2.24, 2.45) is 5.92 Å². The van der Waals surface area contributed by atoms with Crippen LogP contribution in [0.25, 0.3) is 11.1 Å². The first kappa shape index (κ1) is 14.1. The maximum atomic E-state index is 13.0. The molecule has 0 spiro atoms. The Bertz CT molecular complexity index is 791. The van der Waals surface area contributed by atoms with Gasteiger partial charge in [0.2, 0.25) is 0 Å². The molecule has 6 heteroatoms. The molecule has 1 aliphatic carbocycles. The molecule has 3 rings (SSSR count). The van der Waals surface area contributed by atoms with Crippen LogP contribution in [0, 0.1) is 11.7 Å². The molecule has 0 amide bonds. The van der Waals surface area contributed by atoms with Gasteiger partial charge in [0.05, 0.1) is 5.56 Å². The Hall–Kier alpha value is -1.88. The van der Waals surface area contributed by atoms with Crippen LogP contribution in [0.3, 0.4) is 0 Å². The highest BCUT2D eigenvalue weighted by atomic mass is 35.5. The molecule has 0 radical (unpaired) electrons. The lowest BCUT2D eigenvalue weighted by Crippen LogP contribution is -2.38. The van der Waals surface area contributed by atoms with Gasteiger partial charge in [0.1, 0.15) is 11.0 Å². The first-order valence-electron chi connectivity index (χ1n) is 6.79. The monoisotopic (exact) mass is 308 g/mol. The topological polar surface area (TPSA) is 54.9 Å².